The van der Waals surface area contributed by atoms with E-state index in [1.165, 1.54) is 24.5 Å². The molecule has 1 aliphatic rings. The van der Waals surface area contributed by atoms with Gasteiger partial charge in [0.2, 0.25) is 0 Å². The van der Waals surface area contributed by atoms with Crippen LogP contribution in [0.3, 0.4) is 0 Å². The molecule has 2 heterocycles. The largest absolute Gasteiger partial charge is 0.371 e. The van der Waals surface area contributed by atoms with Crippen LogP contribution in [-0.2, 0) is 13.1 Å². The van der Waals surface area contributed by atoms with E-state index in [0.29, 0.717) is 18.2 Å². The first-order valence-corrected chi connectivity index (χ1v) is 12.4. The van der Waals surface area contributed by atoms with Crippen LogP contribution >= 0.6 is 0 Å². The Balaban J connectivity index is 1.43. The van der Waals surface area contributed by atoms with Gasteiger partial charge in [-0.15, -0.1) is 0 Å². The van der Waals surface area contributed by atoms with Crippen molar-refractivity contribution < 1.29 is 9.72 Å². The second kappa shape index (κ2) is 11.8. The standard InChI is InChI=1S/C28H33N5O3/c1-20-8-7-15-32(18-20)19-24-10-4-3-9-23(24)17-30-28(34)22-12-13-26(27(16-22)33(35)36)31-21(2)25-11-5-6-14-29-25/h3-6,9-14,16,20-21,31H,7-8,15,17-19H2,1-2H3,(H,30,34). The van der Waals surface area contributed by atoms with Gasteiger partial charge in [-0.3, -0.25) is 24.8 Å². The first-order chi connectivity index (χ1) is 17.4. The molecule has 2 unspecified atom stereocenters. The first kappa shape index (κ1) is 25.3. The number of nitro benzene ring substituents is 1. The van der Waals surface area contributed by atoms with Crippen LogP contribution in [0.4, 0.5) is 11.4 Å². The van der Waals surface area contributed by atoms with E-state index in [1.807, 2.05) is 43.3 Å². The summed E-state index contributed by atoms with van der Waals surface area (Å²) in [5, 5.41) is 17.8. The molecule has 1 aromatic heterocycles. The lowest BCUT2D eigenvalue weighted by molar-refractivity contribution is -0.384. The van der Waals surface area contributed by atoms with Crippen LogP contribution in [0.15, 0.2) is 66.9 Å². The molecule has 2 N–H and O–H groups in total. The van der Waals surface area contributed by atoms with Crippen molar-refractivity contribution in [2.24, 2.45) is 5.92 Å². The number of carbonyl (C=O) groups is 1. The smallest absolute Gasteiger partial charge is 0.293 e. The minimum Gasteiger partial charge on any atom is -0.371 e. The van der Waals surface area contributed by atoms with Crippen molar-refractivity contribution in [1.82, 2.24) is 15.2 Å². The van der Waals surface area contributed by atoms with Gasteiger partial charge in [-0.05, 0) is 67.6 Å². The average Bonchev–Trinajstić information content (AvgIpc) is 2.88. The Morgan fingerprint density at radius 2 is 1.94 bits per heavy atom. The number of nitrogens with zero attached hydrogens (tertiary/aromatic N) is 3. The SMILES string of the molecule is CC1CCCN(Cc2ccccc2CNC(=O)c2ccc(NC(C)c3ccccn3)c([N+](=O)[O-])c2)C1. The first-order valence-electron chi connectivity index (χ1n) is 12.4. The second-order valence-corrected chi connectivity index (χ2v) is 9.54. The molecule has 0 spiro atoms. The summed E-state index contributed by atoms with van der Waals surface area (Å²) in [4.78, 5) is 31.0. The zero-order chi connectivity index (χ0) is 25.5. The normalized spacial score (nSPS) is 16.8. The highest BCUT2D eigenvalue weighted by molar-refractivity contribution is 5.95. The van der Waals surface area contributed by atoms with Gasteiger partial charge in [0.1, 0.15) is 5.69 Å². The summed E-state index contributed by atoms with van der Waals surface area (Å²) in [5.41, 5.74) is 3.47. The van der Waals surface area contributed by atoms with Crippen molar-refractivity contribution >= 4 is 17.3 Å². The zero-order valence-electron chi connectivity index (χ0n) is 20.8. The van der Waals surface area contributed by atoms with Gasteiger partial charge in [-0.25, -0.2) is 0 Å². The van der Waals surface area contributed by atoms with Crippen molar-refractivity contribution in [3.63, 3.8) is 0 Å². The molecule has 1 aliphatic heterocycles. The molecule has 2 aromatic carbocycles. The third-order valence-electron chi connectivity index (χ3n) is 6.65. The maximum absolute atomic E-state index is 12.9. The summed E-state index contributed by atoms with van der Waals surface area (Å²) >= 11 is 0. The van der Waals surface area contributed by atoms with Crippen molar-refractivity contribution in [3.8, 4) is 0 Å². The highest BCUT2D eigenvalue weighted by atomic mass is 16.6. The molecule has 1 fully saturated rings. The number of likely N-dealkylation sites (tertiary alicyclic amines) is 1. The van der Waals surface area contributed by atoms with E-state index in [2.05, 4.69) is 33.5 Å². The van der Waals surface area contributed by atoms with Crippen LogP contribution in [-0.4, -0.2) is 33.8 Å². The van der Waals surface area contributed by atoms with Gasteiger partial charge < -0.3 is 10.6 Å². The number of nitrogens with one attached hydrogen (secondary N) is 2. The Morgan fingerprint density at radius 1 is 1.17 bits per heavy atom. The number of hydrogen-bond acceptors (Lipinski definition) is 6. The molecule has 4 rings (SSSR count). The minimum atomic E-state index is -0.473. The topological polar surface area (TPSA) is 100 Å². The number of nitro groups is 1. The van der Waals surface area contributed by atoms with E-state index in [-0.39, 0.29) is 23.2 Å². The molecular weight excluding hydrogens is 454 g/mol. The van der Waals surface area contributed by atoms with Crippen molar-refractivity contribution in [2.45, 2.75) is 45.8 Å². The van der Waals surface area contributed by atoms with Gasteiger partial charge in [0.05, 0.1) is 16.7 Å². The van der Waals surface area contributed by atoms with Gasteiger partial charge >= 0.3 is 0 Å². The van der Waals surface area contributed by atoms with Crippen LogP contribution < -0.4 is 10.6 Å². The lowest BCUT2D eigenvalue weighted by Crippen LogP contribution is -2.34. The van der Waals surface area contributed by atoms with E-state index in [9.17, 15) is 14.9 Å². The Morgan fingerprint density at radius 3 is 2.67 bits per heavy atom. The van der Waals surface area contributed by atoms with Crippen molar-refractivity contribution in [3.05, 3.63) is 99.4 Å². The monoisotopic (exact) mass is 487 g/mol. The molecule has 8 heteroatoms. The molecule has 2 atom stereocenters. The molecule has 0 saturated carbocycles. The zero-order valence-corrected chi connectivity index (χ0v) is 20.8. The van der Waals surface area contributed by atoms with Gasteiger partial charge in [-0.2, -0.15) is 0 Å². The molecule has 188 valence electrons. The molecule has 3 aromatic rings. The van der Waals surface area contributed by atoms with E-state index < -0.39 is 4.92 Å². The third kappa shape index (κ3) is 6.46. The second-order valence-electron chi connectivity index (χ2n) is 9.54. The number of amides is 1. The molecule has 36 heavy (non-hydrogen) atoms. The van der Waals surface area contributed by atoms with E-state index in [0.717, 1.165) is 30.9 Å². The summed E-state index contributed by atoms with van der Waals surface area (Å²) in [7, 11) is 0. The fourth-order valence-corrected chi connectivity index (χ4v) is 4.72. The number of hydrogen-bond donors (Lipinski definition) is 2. The van der Waals surface area contributed by atoms with Gasteiger partial charge in [0, 0.05) is 37.5 Å². The quantitative estimate of drug-likeness (QED) is 0.313. The lowest BCUT2D eigenvalue weighted by atomic mass is 9.99. The number of anilines is 1. The van der Waals surface area contributed by atoms with Crippen LogP contribution in [0.25, 0.3) is 0 Å². The fourth-order valence-electron chi connectivity index (χ4n) is 4.72. The summed E-state index contributed by atoms with van der Waals surface area (Å²) in [6.07, 6.45) is 4.17. The number of piperidine rings is 1. The number of carbonyl (C=O) groups excluding carboxylic acids is 1. The number of rotatable bonds is 9. The Labute approximate surface area is 211 Å². The molecule has 1 saturated heterocycles. The van der Waals surface area contributed by atoms with Crippen LogP contribution in [0, 0.1) is 16.0 Å². The lowest BCUT2D eigenvalue weighted by Gasteiger charge is -2.31. The number of benzene rings is 2. The predicted octanol–water partition coefficient (Wildman–Crippen LogP) is 5.32. The van der Waals surface area contributed by atoms with Crippen LogP contribution in [0.1, 0.15) is 59.9 Å². The predicted molar refractivity (Wildman–Crippen MR) is 141 cm³/mol. The van der Waals surface area contributed by atoms with Crippen LogP contribution in [0.2, 0.25) is 0 Å². The van der Waals surface area contributed by atoms with Crippen molar-refractivity contribution in [1.29, 1.82) is 0 Å². The summed E-state index contributed by atoms with van der Waals surface area (Å²) in [5.74, 6) is 0.356. The average molecular weight is 488 g/mol. The highest BCUT2D eigenvalue weighted by Gasteiger charge is 2.21. The molecule has 1 amide bonds. The Kier molecular flexibility index (Phi) is 8.28. The fraction of sp³-hybridized carbons (Fsp3) is 0.357. The molecule has 0 aliphatic carbocycles. The van der Waals surface area contributed by atoms with Gasteiger partial charge in [0.25, 0.3) is 11.6 Å². The highest BCUT2D eigenvalue weighted by Crippen LogP contribution is 2.29. The number of pyridine rings is 1. The Hall–Kier alpha value is -3.78. The van der Waals surface area contributed by atoms with E-state index in [4.69, 9.17) is 0 Å². The maximum atomic E-state index is 12.9. The Bertz CT molecular complexity index is 1200. The van der Waals surface area contributed by atoms with E-state index in [1.54, 1.807) is 18.3 Å². The molecule has 8 nitrogen and oxygen atoms in total. The summed E-state index contributed by atoms with van der Waals surface area (Å²) in [6, 6.07) is 17.9. The molecule has 0 radical (unpaired) electrons. The minimum absolute atomic E-state index is 0.148. The third-order valence-corrected chi connectivity index (χ3v) is 6.65. The number of aromatic nitrogens is 1. The van der Waals surface area contributed by atoms with Gasteiger partial charge in [0.15, 0.2) is 0 Å². The summed E-state index contributed by atoms with van der Waals surface area (Å²) < 4.78 is 0. The van der Waals surface area contributed by atoms with E-state index >= 15 is 0 Å². The van der Waals surface area contributed by atoms with Crippen LogP contribution in [0.5, 0.6) is 0 Å². The maximum Gasteiger partial charge on any atom is 0.293 e. The van der Waals surface area contributed by atoms with Gasteiger partial charge in [-0.1, -0.05) is 37.3 Å². The molecule has 0 bridgehead atoms. The molecular formula is C28H33N5O3. The summed E-state index contributed by atoms with van der Waals surface area (Å²) in [6.45, 7) is 7.57. The van der Waals surface area contributed by atoms with Crippen molar-refractivity contribution in [2.75, 3.05) is 18.4 Å².